The van der Waals surface area contributed by atoms with Crippen LogP contribution in [0.4, 0.5) is 0 Å². The molecule has 0 heterocycles. The van der Waals surface area contributed by atoms with Crippen molar-refractivity contribution < 1.29 is 14.3 Å². The van der Waals surface area contributed by atoms with Crippen LogP contribution in [0.15, 0.2) is 46.9 Å². The highest BCUT2D eigenvalue weighted by Gasteiger charge is 2.27. The lowest BCUT2D eigenvalue weighted by molar-refractivity contribution is -0.142. The van der Waals surface area contributed by atoms with E-state index in [4.69, 9.17) is 16.3 Å². The molecule has 1 atom stereocenters. The van der Waals surface area contributed by atoms with Crippen molar-refractivity contribution in [3.63, 3.8) is 0 Å². The molecule has 0 saturated heterocycles. The van der Waals surface area contributed by atoms with E-state index >= 15 is 0 Å². The first kappa shape index (κ1) is 23.2. The van der Waals surface area contributed by atoms with E-state index in [1.807, 2.05) is 45.0 Å². The van der Waals surface area contributed by atoms with E-state index in [1.165, 1.54) is 4.90 Å². The van der Waals surface area contributed by atoms with E-state index in [0.29, 0.717) is 17.3 Å². The van der Waals surface area contributed by atoms with Crippen LogP contribution in [-0.2, 0) is 16.1 Å². The molecule has 0 aliphatic rings. The smallest absolute Gasteiger partial charge is 0.261 e. The average molecular weight is 482 g/mol. The standard InChI is InChI=1S/C22H26BrClN2O3/c1-14(2)25-22(28)16(4)26(12-17-7-5-15(3)6-8-17)21(27)13-29-20-10-9-18(23)11-19(20)24/h5-11,14,16H,12-13H2,1-4H3,(H,25,28)/t16-/m0/s1. The molecule has 2 aromatic carbocycles. The number of carbonyl (C=O) groups is 2. The molecule has 0 radical (unpaired) electrons. The molecule has 2 amide bonds. The molecule has 0 saturated carbocycles. The van der Waals surface area contributed by atoms with Gasteiger partial charge in [0, 0.05) is 17.1 Å². The van der Waals surface area contributed by atoms with Crippen LogP contribution in [0.3, 0.4) is 0 Å². The molecule has 0 spiro atoms. The Morgan fingerprint density at radius 3 is 2.38 bits per heavy atom. The summed E-state index contributed by atoms with van der Waals surface area (Å²) >= 11 is 9.50. The maximum Gasteiger partial charge on any atom is 0.261 e. The van der Waals surface area contributed by atoms with Gasteiger partial charge in [-0.15, -0.1) is 0 Å². The fraction of sp³-hybridized carbons (Fsp3) is 0.364. The summed E-state index contributed by atoms with van der Waals surface area (Å²) in [5.41, 5.74) is 2.07. The summed E-state index contributed by atoms with van der Waals surface area (Å²) < 4.78 is 6.45. The molecular weight excluding hydrogens is 456 g/mol. The number of carbonyl (C=O) groups excluding carboxylic acids is 2. The summed E-state index contributed by atoms with van der Waals surface area (Å²) in [5, 5.41) is 3.27. The monoisotopic (exact) mass is 480 g/mol. The SMILES string of the molecule is Cc1ccc(CN(C(=O)COc2ccc(Br)cc2Cl)[C@@H](C)C(=O)NC(C)C)cc1. The van der Waals surface area contributed by atoms with Gasteiger partial charge in [-0.3, -0.25) is 9.59 Å². The van der Waals surface area contributed by atoms with Gasteiger partial charge in [0.2, 0.25) is 5.91 Å². The normalized spacial score (nSPS) is 11.8. The fourth-order valence-corrected chi connectivity index (χ4v) is 3.42. The summed E-state index contributed by atoms with van der Waals surface area (Å²) in [5.74, 6) is -0.0871. The van der Waals surface area contributed by atoms with Crippen LogP contribution >= 0.6 is 27.5 Å². The lowest BCUT2D eigenvalue weighted by Gasteiger charge is -2.29. The minimum atomic E-state index is -0.643. The quantitative estimate of drug-likeness (QED) is 0.593. The Balaban J connectivity index is 2.16. The largest absolute Gasteiger partial charge is 0.482 e. The molecule has 2 aromatic rings. The summed E-state index contributed by atoms with van der Waals surface area (Å²) in [7, 11) is 0. The van der Waals surface area contributed by atoms with Crippen molar-refractivity contribution in [1.82, 2.24) is 10.2 Å². The lowest BCUT2D eigenvalue weighted by atomic mass is 10.1. The van der Waals surface area contributed by atoms with E-state index in [1.54, 1.807) is 25.1 Å². The number of amides is 2. The van der Waals surface area contributed by atoms with Gasteiger partial charge in [0.25, 0.3) is 5.91 Å². The highest BCUT2D eigenvalue weighted by atomic mass is 79.9. The van der Waals surface area contributed by atoms with Gasteiger partial charge in [-0.05, 0) is 51.5 Å². The van der Waals surface area contributed by atoms with Gasteiger partial charge in [-0.1, -0.05) is 57.4 Å². The fourth-order valence-electron chi connectivity index (χ4n) is 2.69. The van der Waals surface area contributed by atoms with Gasteiger partial charge in [0.1, 0.15) is 11.8 Å². The zero-order chi connectivity index (χ0) is 21.6. The molecule has 1 N–H and O–H groups in total. The summed E-state index contributed by atoms with van der Waals surface area (Å²) in [6.45, 7) is 7.58. The zero-order valence-corrected chi connectivity index (χ0v) is 19.4. The van der Waals surface area contributed by atoms with Crippen LogP contribution in [0.25, 0.3) is 0 Å². The second-order valence-corrected chi connectivity index (χ2v) is 8.53. The molecule has 0 unspecified atom stereocenters. The van der Waals surface area contributed by atoms with Crippen molar-refractivity contribution in [3.8, 4) is 5.75 Å². The number of nitrogens with one attached hydrogen (secondary N) is 1. The first-order chi connectivity index (χ1) is 13.7. The predicted octanol–water partition coefficient (Wildman–Crippen LogP) is 4.73. The minimum absolute atomic E-state index is 0.0147. The van der Waals surface area contributed by atoms with Crippen molar-refractivity contribution in [2.75, 3.05) is 6.61 Å². The first-order valence-electron chi connectivity index (χ1n) is 9.40. The maximum atomic E-state index is 13.0. The van der Waals surface area contributed by atoms with Crippen molar-refractivity contribution in [3.05, 3.63) is 63.1 Å². The second-order valence-electron chi connectivity index (χ2n) is 7.21. The molecule has 0 aliphatic heterocycles. The third-order valence-corrected chi connectivity index (χ3v) is 5.11. The summed E-state index contributed by atoms with van der Waals surface area (Å²) in [6, 6.07) is 12.4. The topological polar surface area (TPSA) is 58.6 Å². The van der Waals surface area contributed by atoms with Crippen LogP contribution < -0.4 is 10.1 Å². The van der Waals surface area contributed by atoms with Crippen LogP contribution in [0, 0.1) is 6.92 Å². The number of nitrogens with zero attached hydrogens (tertiary/aromatic N) is 1. The summed E-state index contributed by atoms with van der Waals surface area (Å²) in [6.07, 6.45) is 0. The third kappa shape index (κ3) is 7.05. The van der Waals surface area contributed by atoms with Gasteiger partial charge in [-0.25, -0.2) is 0 Å². The zero-order valence-electron chi connectivity index (χ0n) is 17.0. The minimum Gasteiger partial charge on any atom is -0.482 e. The third-order valence-electron chi connectivity index (χ3n) is 4.32. The Labute approximate surface area is 185 Å². The van der Waals surface area contributed by atoms with Gasteiger partial charge >= 0.3 is 0 Å². The number of halogens is 2. The van der Waals surface area contributed by atoms with Crippen molar-refractivity contribution in [1.29, 1.82) is 0 Å². The Morgan fingerprint density at radius 2 is 1.79 bits per heavy atom. The molecule has 156 valence electrons. The molecular formula is C22H26BrClN2O3. The van der Waals surface area contributed by atoms with E-state index < -0.39 is 6.04 Å². The molecule has 7 heteroatoms. The van der Waals surface area contributed by atoms with Crippen LogP contribution in [0.5, 0.6) is 5.75 Å². The van der Waals surface area contributed by atoms with Crippen LogP contribution in [-0.4, -0.2) is 35.4 Å². The Kier molecular flexibility index (Phi) is 8.53. The Morgan fingerprint density at radius 1 is 1.14 bits per heavy atom. The van der Waals surface area contributed by atoms with Crippen molar-refractivity contribution >= 4 is 39.3 Å². The number of hydrogen-bond acceptors (Lipinski definition) is 3. The Hall–Kier alpha value is -2.05. The number of rotatable bonds is 8. The average Bonchev–Trinajstić information content (AvgIpc) is 2.65. The first-order valence-corrected chi connectivity index (χ1v) is 10.6. The highest BCUT2D eigenvalue weighted by molar-refractivity contribution is 9.10. The molecule has 5 nitrogen and oxygen atoms in total. The molecule has 2 rings (SSSR count). The van der Waals surface area contributed by atoms with Crippen LogP contribution in [0.1, 0.15) is 31.9 Å². The molecule has 0 aliphatic carbocycles. The number of hydrogen-bond donors (Lipinski definition) is 1. The van der Waals surface area contributed by atoms with Gasteiger partial charge in [0.05, 0.1) is 5.02 Å². The van der Waals surface area contributed by atoms with E-state index in [9.17, 15) is 9.59 Å². The van der Waals surface area contributed by atoms with E-state index in [2.05, 4.69) is 21.2 Å². The lowest BCUT2D eigenvalue weighted by Crippen LogP contribution is -2.50. The molecule has 0 aromatic heterocycles. The second kappa shape index (κ2) is 10.6. The predicted molar refractivity (Wildman–Crippen MR) is 119 cm³/mol. The van der Waals surface area contributed by atoms with Crippen LogP contribution in [0.2, 0.25) is 5.02 Å². The van der Waals surface area contributed by atoms with Crippen molar-refractivity contribution in [2.24, 2.45) is 0 Å². The number of benzene rings is 2. The van der Waals surface area contributed by atoms with E-state index in [-0.39, 0.29) is 24.5 Å². The molecule has 0 fully saturated rings. The number of aryl methyl sites for hydroxylation is 1. The maximum absolute atomic E-state index is 13.0. The van der Waals surface area contributed by atoms with Gasteiger partial charge in [-0.2, -0.15) is 0 Å². The molecule has 0 bridgehead atoms. The summed E-state index contributed by atoms with van der Waals surface area (Å²) in [4.78, 5) is 27.0. The van der Waals surface area contributed by atoms with Crippen molar-refractivity contribution in [2.45, 2.75) is 46.3 Å². The van der Waals surface area contributed by atoms with E-state index in [0.717, 1.165) is 15.6 Å². The van der Waals surface area contributed by atoms with Gasteiger partial charge < -0.3 is 15.0 Å². The number of ether oxygens (including phenoxy) is 1. The Bertz CT molecular complexity index is 856. The van der Waals surface area contributed by atoms with Gasteiger partial charge in [0.15, 0.2) is 6.61 Å². The highest BCUT2D eigenvalue weighted by Crippen LogP contribution is 2.27. The molecule has 29 heavy (non-hydrogen) atoms.